The van der Waals surface area contributed by atoms with E-state index in [1.807, 2.05) is 0 Å². The standard InChI is InChI=1S/C20H30N6O5S/c1-4-7-10-21-17-14-18(23-20(22-17)32-11-5-2)26(25-24-14)19-16(29)15(28)12(31-19)8-9-13(27)30-6-3/h8-9,12,15-16,19,28-29H,4-7,10-11H2,1-3H3,(H,21,22,23)/b9-8+/t12-,15-,16-,19-/m1/s1. The number of unbranched alkanes of at least 4 members (excludes halogenated alkanes) is 1. The van der Waals surface area contributed by atoms with Crippen molar-refractivity contribution in [3.8, 4) is 0 Å². The van der Waals surface area contributed by atoms with E-state index in [2.05, 4.69) is 39.4 Å². The molecule has 2 aromatic heterocycles. The quantitative estimate of drug-likeness (QED) is 0.146. The molecule has 0 radical (unpaired) electrons. The number of thioether (sulfide) groups is 1. The molecule has 3 heterocycles. The number of carbonyl (C=O) groups is 1. The first-order valence-electron chi connectivity index (χ1n) is 10.9. The number of hydrogen-bond donors (Lipinski definition) is 3. The molecule has 1 saturated heterocycles. The Hall–Kier alpha value is -2.28. The van der Waals surface area contributed by atoms with Crippen LogP contribution in [0.25, 0.3) is 11.2 Å². The smallest absolute Gasteiger partial charge is 0.330 e. The number of nitrogens with zero attached hydrogens (tertiary/aromatic N) is 5. The van der Waals surface area contributed by atoms with Crippen molar-refractivity contribution < 1.29 is 24.5 Å². The first-order valence-corrected chi connectivity index (χ1v) is 11.8. The molecule has 0 aliphatic carbocycles. The minimum absolute atomic E-state index is 0.236. The van der Waals surface area contributed by atoms with Gasteiger partial charge in [0.2, 0.25) is 0 Å². The Kier molecular flexibility index (Phi) is 8.79. The third-order valence-electron chi connectivity index (χ3n) is 4.79. The number of fused-ring (bicyclic) bond motifs is 1. The lowest BCUT2D eigenvalue weighted by Gasteiger charge is -2.15. The number of ether oxygens (including phenoxy) is 2. The molecule has 1 aliphatic heterocycles. The first kappa shape index (κ1) is 24.4. The second-order valence-corrected chi connectivity index (χ2v) is 8.34. The van der Waals surface area contributed by atoms with Gasteiger partial charge in [0.05, 0.1) is 6.61 Å². The van der Waals surface area contributed by atoms with Crippen LogP contribution in [0.15, 0.2) is 17.3 Å². The van der Waals surface area contributed by atoms with Crippen LogP contribution in [0.1, 0.15) is 46.3 Å². The number of aliphatic hydroxyl groups is 2. The minimum atomic E-state index is -1.30. The zero-order valence-electron chi connectivity index (χ0n) is 18.5. The summed E-state index contributed by atoms with van der Waals surface area (Å²) in [5, 5.41) is 33.2. The van der Waals surface area contributed by atoms with Crippen molar-refractivity contribution in [3.63, 3.8) is 0 Å². The molecule has 0 bridgehead atoms. The SMILES string of the molecule is CCCCNc1nc(SCCC)nc2c1nnn2[C@@H]1O[C@H](/C=C/C(=O)OCC)[C@@H](O)[C@H]1O. The number of rotatable bonds is 11. The molecule has 12 heteroatoms. The maximum Gasteiger partial charge on any atom is 0.330 e. The van der Waals surface area contributed by atoms with Crippen molar-refractivity contribution >= 4 is 34.7 Å². The molecule has 3 rings (SSSR count). The third-order valence-corrected chi connectivity index (χ3v) is 5.84. The summed E-state index contributed by atoms with van der Waals surface area (Å²) in [7, 11) is 0. The molecule has 4 atom stereocenters. The Bertz CT molecular complexity index is 939. The van der Waals surface area contributed by atoms with E-state index in [-0.39, 0.29) is 6.61 Å². The van der Waals surface area contributed by atoms with Crippen molar-refractivity contribution in [2.75, 3.05) is 24.2 Å². The predicted molar refractivity (Wildman–Crippen MR) is 119 cm³/mol. The molecule has 0 unspecified atom stereocenters. The van der Waals surface area contributed by atoms with Gasteiger partial charge in [0, 0.05) is 18.4 Å². The van der Waals surface area contributed by atoms with E-state index in [9.17, 15) is 15.0 Å². The summed E-state index contributed by atoms with van der Waals surface area (Å²) in [5.41, 5.74) is 0.849. The van der Waals surface area contributed by atoms with Gasteiger partial charge in [-0.1, -0.05) is 37.2 Å². The van der Waals surface area contributed by atoms with E-state index < -0.39 is 30.5 Å². The molecule has 0 saturated carbocycles. The summed E-state index contributed by atoms with van der Waals surface area (Å²) in [5.74, 6) is 0.865. The molecule has 3 N–H and O–H groups in total. The van der Waals surface area contributed by atoms with Crippen LogP contribution in [-0.2, 0) is 14.3 Å². The summed E-state index contributed by atoms with van der Waals surface area (Å²) >= 11 is 1.51. The number of aromatic nitrogens is 5. The van der Waals surface area contributed by atoms with Gasteiger partial charge in [0.15, 0.2) is 28.4 Å². The van der Waals surface area contributed by atoms with E-state index in [0.717, 1.165) is 31.6 Å². The number of anilines is 1. The van der Waals surface area contributed by atoms with Crippen LogP contribution in [0, 0.1) is 0 Å². The van der Waals surface area contributed by atoms with E-state index in [1.165, 1.54) is 28.6 Å². The van der Waals surface area contributed by atoms with Crippen LogP contribution < -0.4 is 5.32 Å². The van der Waals surface area contributed by atoms with Crippen molar-refractivity contribution in [3.05, 3.63) is 12.2 Å². The van der Waals surface area contributed by atoms with Crippen LogP contribution in [0.2, 0.25) is 0 Å². The second-order valence-electron chi connectivity index (χ2n) is 7.27. The number of hydrogen-bond acceptors (Lipinski definition) is 11. The Morgan fingerprint density at radius 1 is 1.25 bits per heavy atom. The summed E-state index contributed by atoms with van der Waals surface area (Å²) in [4.78, 5) is 20.7. The highest BCUT2D eigenvalue weighted by Gasteiger charge is 2.44. The zero-order chi connectivity index (χ0) is 23.1. The molecule has 2 aromatic rings. The van der Waals surface area contributed by atoms with E-state index >= 15 is 0 Å². The predicted octanol–water partition coefficient (Wildman–Crippen LogP) is 1.67. The fraction of sp³-hybridized carbons (Fsp3) is 0.650. The molecular formula is C20H30N6O5S. The molecule has 0 amide bonds. The van der Waals surface area contributed by atoms with Gasteiger partial charge in [-0.2, -0.15) is 4.68 Å². The average molecular weight is 467 g/mol. The summed E-state index contributed by atoms with van der Waals surface area (Å²) in [6.45, 7) is 6.84. The number of carbonyl (C=O) groups excluding carboxylic acids is 1. The van der Waals surface area contributed by atoms with E-state index in [0.29, 0.717) is 22.1 Å². The topological polar surface area (TPSA) is 145 Å². The first-order chi connectivity index (χ1) is 15.5. The highest BCUT2D eigenvalue weighted by molar-refractivity contribution is 7.99. The third kappa shape index (κ3) is 5.55. The molecular weight excluding hydrogens is 436 g/mol. The molecule has 32 heavy (non-hydrogen) atoms. The number of esters is 1. The molecule has 1 aliphatic rings. The Morgan fingerprint density at radius 2 is 2.06 bits per heavy atom. The molecule has 0 aromatic carbocycles. The van der Waals surface area contributed by atoms with Crippen molar-refractivity contribution in [1.82, 2.24) is 25.0 Å². The van der Waals surface area contributed by atoms with Gasteiger partial charge < -0.3 is 25.0 Å². The van der Waals surface area contributed by atoms with Crippen LogP contribution in [0.4, 0.5) is 5.82 Å². The van der Waals surface area contributed by atoms with Gasteiger partial charge in [-0.15, -0.1) is 5.10 Å². The Labute approximate surface area is 190 Å². The highest BCUT2D eigenvalue weighted by atomic mass is 32.2. The van der Waals surface area contributed by atoms with Crippen LogP contribution in [0.5, 0.6) is 0 Å². The van der Waals surface area contributed by atoms with Gasteiger partial charge in [0.1, 0.15) is 18.3 Å². The monoisotopic (exact) mass is 466 g/mol. The lowest BCUT2D eigenvalue weighted by Crippen LogP contribution is -2.31. The minimum Gasteiger partial charge on any atom is -0.463 e. The maximum absolute atomic E-state index is 11.6. The van der Waals surface area contributed by atoms with E-state index in [4.69, 9.17) is 9.47 Å². The van der Waals surface area contributed by atoms with Crippen LogP contribution in [-0.4, -0.2) is 78.4 Å². The van der Waals surface area contributed by atoms with Gasteiger partial charge in [-0.05, 0) is 25.8 Å². The van der Waals surface area contributed by atoms with Crippen LogP contribution in [0.3, 0.4) is 0 Å². The summed E-state index contributed by atoms with van der Waals surface area (Å²) < 4.78 is 12.0. The number of nitrogens with one attached hydrogen (secondary N) is 1. The summed E-state index contributed by atoms with van der Waals surface area (Å²) in [6, 6.07) is 0. The molecule has 11 nitrogen and oxygen atoms in total. The van der Waals surface area contributed by atoms with Gasteiger partial charge in [-0.25, -0.2) is 14.8 Å². The lowest BCUT2D eigenvalue weighted by atomic mass is 10.1. The average Bonchev–Trinajstić information content (AvgIpc) is 3.32. The van der Waals surface area contributed by atoms with Crippen molar-refractivity contribution in [2.45, 2.75) is 69.7 Å². The Balaban J connectivity index is 1.90. The second kappa shape index (κ2) is 11.5. The van der Waals surface area contributed by atoms with E-state index in [1.54, 1.807) is 6.92 Å². The number of aliphatic hydroxyl groups excluding tert-OH is 2. The molecule has 1 fully saturated rings. The van der Waals surface area contributed by atoms with Crippen molar-refractivity contribution in [1.29, 1.82) is 0 Å². The van der Waals surface area contributed by atoms with Crippen molar-refractivity contribution in [2.24, 2.45) is 0 Å². The van der Waals surface area contributed by atoms with Crippen LogP contribution >= 0.6 is 11.8 Å². The maximum atomic E-state index is 11.6. The highest BCUT2D eigenvalue weighted by Crippen LogP contribution is 2.33. The largest absolute Gasteiger partial charge is 0.463 e. The fourth-order valence-electron chi connectivity index (χ4n) is 3.16. The summed E-state index contributed by atoms with van der Waals surface area (Å²) in [6.07, 6.45) is 0.995. The Morgan fingerprint density at radius 3 is 2.78 bits per heavy atom. The fourth-order valence-corrected chi connectivity index (χ4v) is 3.85. The normalized spacial score (nSPS) is 23.3. The zero-order valence-corrected chi connectivity index (χ0v) is 19.3. The van der Waals surface area contributed by atoms with Gasteiger partial charge in [0.25, 0.3) is 0 Å². The van der Waals surface area contributed by atoms with Gasteiger partial charge >= 0.3 is 5.97 Å². The molecule has 0 spiro atoms. The van der Waals surface area contributed by atoms with Gasteiger partial charge in [-0.3, -0.25) is 0 Å². The lowest BCUT2D eigenvalue weighted by molar-refractivity contribution is -0.137. The molecule has 176 valence electrons.